The van der Waals surface area contributed by atoms with Crippen molar-refractivity contribution in [1.29, 1.82) is 0 Å². The number of H-pyrrole nitrogens is 1. The fourth-order valence-corrected chi connectivity index (χ4v) is 4.77. The zero-order chi connectivity index (χ0) is 25.1. The summed E-state index contributed by atoms with van der Waals surface area (Å²) in [7, 11) is 1.61. The summed E-state index contributed by atoms with van der Waals surface area (Å²) in [4.78, 5) is 36.6. The van der Waals surface area contributed by atoms with Crippen LogP contribution in [0.4, 0.5) is 0 Å². The molecule has 1 aliphatic carbocycles. The number of benzene rings is 1. The lowest BCUT2D eigenvalue weighted by molar-refractivity contribution is -0.119. The Morgan fingerprint density at radius 3 is 2.61 bits per heavy atom. The van der Waals surface area contributed by atoms with Crippen molar-refractivity contribution in [2.75, 3.05) is 27.1 Å². The van der Waals surface area contributed by atoms with Gasteiger partial charge in [-0.25, -0.2) is 9.97 Å². The number of hydrogen-bond donors (Lipinski definition) is 3. The van der Waals surface area contributed by atoms with Crippen molar-refractivity contribution in [3.05, 3.63) is 30.2 Å². The zero-order valence-corrected chi connectivity index (χ0v) is 20.3. The number of carbonyl (C=O) groups excluding carboxylic acids is 2. The highest BCUT2D eigenvalue weighted by Gasteiger charge is 2.28. The summed E-state index contributed by atoms with van der Waals surface area (Å²) < 4.78 is 22.4. The second kappa shape index (κ2) is 10.4. The number of hydrogen-bond acceptors (Lipinski definition) is 8. The van der Waals surface area contributed by atoms with Crippen molar-refractivity contribution in [3.8, 4) is 28.5 Å². The van der Waals surface area contributed by atoms with E-state index in [0.29, 0.717) is 58.3 Å². The molecule has 3 N–H and O–H groups in total. The normalized spacial score (nSPS) is 18.7. The first-order valence-corrected chi connectivity index (χ1v) is 12.0. The molecular weight excluding hydrogens is 466 g/mol. The van der Waals surface area contributed by atoms with Crippen LogP contribution in [0.3, 0.4) is 0 Å². The molecular formula is C25H29N5O6. The van der Waals surface area contributed by atoms with E-state index in [1.54, 1.807) is 25.4 Å². The number of carbonyl (C=O) groups is 2. The van der Waals surface area contributed by atoms with Crippen LogP contribution in [0.5, 0.6) is 17.2 Å². The van der Waals surface area contributed by atoms with Crippen LogP contribution in [0.1, 0.15) is 43.0 Å². The predicted molar refractivity (Wildman–Crippen MR) is 130 cm³/mol. The lowest BCUT2D eigenvalue weighted by Crippen LogP contribution is -2.43. The highest BCUT2D eigenvalue weighted by atomic mass is 16.7. The van der Waals surface area contributed by atoms with Gasteiger partial charge in [0.25, 0.3) is 5.91 Å². The minimum absolute atomic E-state index is 0.0231. The lowest BCUT2D eigenvalue weighted by Gasteiger charge is -2.29. The topological polar surface area (TPSA) is 137 Å². The van der Waals surface area contributed by atoms with Gasteiger partial charge in [-0.3, -0.25) is 9.59 Å². The van der Waals surface area contributed by atoms with Gasteiger partial charge in [-0.15, -0.1) is 0 Å². The number of nitrogens with one attached hydrogen (secondary N) is 3. The van der Waals surface area contributed by atoms with E-state index in [0.717, 1.165) is 25.7 Å². The molecule has 1 fully saturated rings. The smallest absolute Gasteiger partial charge is 0.255 e. The van der Waals surface area contributed by atoms with Gasteiger partial charge in [0.2, 0.25) is 12.7 Å². The largest absolute Gasteiger partial charge is 0.490 e. The second-order valence-electron chi connectivity index (χ2n) is 8.88. The van der Waals surface area contributed by atoms with Crippen LogP contribution >= 0.6 is 0 Å². The molecule has 190 valence electrons. The number of nitrogens with zero attached hydrogens (tertiary/aromatic N) is 2. The standard InChI is InChI=1S/C25H29N5O6/c1-14(31)29-15-3-5-16(6-4-15)30-25(32)17-11-26-23-21(17)27-12-28-22(23)20-18(34-10-9-33-2)7-8-19-24(20)36-13-35-19/h7-8,11-12,15-16,26H,3-6,9-10,13H2,1-2H3,(H,29,31)(H,30,32). The van der Waals surface area contributed by atoms with E-state index in [1.165, 1.54) is 13.3 Å². The molecule has 11 heteroatoms. The molecule has 2 aliphatic rings. The van der Waals surface area contributed by atoms with Crippen molar-refractivity contribution in [3.63, 3.8) is 0 Å². The third-order valence-electron chi connectivity index (χ3n) is 6.46. The molecule has 1 aromatic carbocycles. The molecule has 1 aliphatic heterocycles. The lowest BCUT2D eigenvalue weighted by atomic mass is 9.91. The summed E-state index contributed by atoms with van der Waals surface area (Å²) in [5, 5.41) is 6.08. The second-order valence-corrected chi connectivity index (χ2v) is 8.88. The number of rotatable bonds is 8. The maximum atomic E-state index is 13.2. The van der Waals surface area contributed by atoms with Crippen molar-refractivity contribution < 1.29 is 28.5 Å². The Balaban J connectivity index is 1.41. The minimum atomic E-state index is -0.205. The molecule has 3 aromatic rings. The van der Waals surface area contributed by atoms with Crippen molar-refractivity contribution >= 4 is 22.8 Å². The van der Waals surface area contributed by atoms with Gasteiger partial charge in [0.15, 0.2) is 11.5 Å². The number of methoxy groups -OCH3 is 1. The van der Waals surface area contributed by atoms with E-state index in [-0.39, 0.29) is 30.7 Å². The first kappa shape index (κ1) is 23.9. The highest BCUT2D eigenvalue weighted by molar-refractivity contribution is 6.08. The summed E-state index contributed by atoms with van der Waals surface area (Å²) in [5.41, 5.74) is 2.70. The molecule has 0 spiro atoms. The average molecular weight is 496 g/mol. The van der Waals surface area contributed by atoms with Gasteiger partial charge in [0.05, 0.1) is 23.3 Å². The van der Waals surface area contributed by atoms with E-state index >= 15 is 0 Å². The number of aromatic nitrogens is 3. The van der Waals surface area contributed by atoms with Gasteiger partial charge in [-0.2, -0.15) is 0 Å². The summed E-state index contributed by atoms with van der Waals surface area (Å²) in [6.07, 6.45) is 6.33. The number of aromatic amines is 1. The van der Waals surface area contributed by atoms with Gasteiger partial charge in [0.1, 0.15) is 29.9 Å². The van der Waals surface area contributed by atoms with Gasteiger partial charge in [-0.05, 0) is 37.8 Å². The van der Waals surface area contributed by atoms with Crippen LogP contribution in [-0.2, 0) is 9.53 Å². The Labute approximate surface area is 207 Å². The summed E-state index contributed by atoms with van der Waals surface area (Å²) in [6, 6.07) is 3.80. The molecule has 0 bridgehead atoms. The monoisotopic (exact) mass is 495 g/mol. The minimum Gasteiger partial charge on any atom is -0.490 e. The Morgan fingerprint density at radius 1 is 1.08 bits per heavy atom. The SMILES string of the molecule is COCCOc1ccc2c(c1-c1ncnc3c(C(=O)NC4CCC(NC(C)=O)CC4)c[nH]c13)OCO2. The van der Waals surface area contributed by atoms with Crippen LogP contribution in [0.25, 0.3) is 22.3 Å². The molecule has 3 heterocycles. The highest BCUT2D eigenvalue weighted by Crippen LogP contribution is 2.47. The Hall–Kier alpha value is -3.86. The average Bonchev–Trinajstić information content (AvgIpc) is 3.52. The quantitative estimate of drug-likeness (QED) is 0.406. The van der Waals surface area contributed by atoms with Crippen LogP contribution in [-0.4, -0.2) is 66.0 Å². The summed E-state index contributed by atoms with van der Waals surface area (Å²) in [6.45, 7) is 2.39. The van der Waals surface area contributed by atoms with Crippen LogP contribution in [0.2, 0.25) is 0 Å². The summed E-state index contributed by atoms with van der Waals surface area (Å²) in [5.74, 6) is 1.46. The third-order valence-corrected chi connectivity index (χ3v) is 6.46. The molecule has 2 aromatic heterocycles. The molecule has 36 heavy (non-hydrogen) atoms. The van der Waals surface area contributed by atoms with Crippen LogP contribution in [0, 0.1) is 0 Å². The van der Waals surface area contributed by atoms with Crippen LogP contribution in [0.15, 0.2) is 24.7 Å². The maximum Gasteiger partial charge on any atom is 0.255 e. The van der Waals surface area contributed by atoms with Crippen LogP contribution < -0.4 is 24.8 Å². The molecule has 11 nitrogen and oxygen atoms in total. The Bertz CT molecular complexity index is 1270. The Morgan fingerprint density at radius 2 is 1.86 bits per heavy atom. The van der Waals surface area contributed by atoms with Crippen molar-refractivity contribution in [2.45, 2.75) is 44.7 Å². The van der Waals surface area contributed by atoms with E-state index in [2.05, 4.69) is 25.6 Å². The van der Waals surface area contributed by atoms with Crippen molar-refractivity contribution in [2.24, 2.45) is 0 Å². The molecule has 0 unspecified atom stereocenters. The number of fused-ring (bicyclic) bond motifs is 2. The molecule has 5 rings (SSSR count). The fourth-order valence-electron chi connectivity index (χ4n) is 4.77. The first-order valence-electron chi connectivity index (χ1n) is 12.0. The van der Waals surface area contributed by atoms with E-state index in [9.17, 15) is 9.59 Å². The fraction of sp³-hybridized carbons (Fsp3) is 0.440. The molecule has 1 saturated carbocycles. The molecule has 0 radical (unpaired) electrons. The maximum absolute atomic E-state index is 13.2. The zero-order valence-electron chi connectivity index (χ0n) is 20.3. The first-order chi connectivity index (χ1) is 17.5. The van der Waals surface area contributed by atoms with Gasteiger partial charge >= 0.3 is 0 Å². The van der Waals surface area contributed by atoms with Gasteiger partial charge in [-0.1, -0.05) is 0 Å². The molecule has 0 atom stereocenters. The third kappa shape index (κ3) is 4.78. The molecule has 2 amide bonds. The van der Waals surface area contributed by atoms with Gasteiger partial charge < -0.3 is 34.6 Å². The number of ether oxygens (including phenoxy) is 4. The van der Waals surface area contributed by atoms with E-state index in [4.69, 9.17) is 18.9 Å². The van der Waals surface area contributed by atoms with E-state index in [1.807, 2.05) is 0 Å². The van der Waals surface area contributed by atoms with Gasteiger partial charge in [0, 0.05) is 32.3 Å². The van der Waals surface area contributed by atoms with Crippen molar-refractivity contribution in [1.82, 2.24) is 25.6 Å². The molecule has 0 saturated heterocycles. The summed E-state index contributed by atoms with van der Waals surface area (Å²) >= 11 is 0. The number of amides is 2. The van der Waals surface area contributed by atoms with E-state index < -0.39 is 0 Å². The Kier molecular flexibility index (Phi) is 6.90. The predicted octanol–water partition coefficient (Wildman–Crippen LogP) is 2.56.